The molecule has 2 N–H and O–H groups in total. The molecule has 3 aromatic rings. The molecule has 3 aromatic heterocycles. The fourth-order valence-electron chi connectivity index (χ4n) is 5.11. The van der Waals surface area contributed by atoms with Gasteiger partial charge in [-0.2, -0.15) is 0 Å². The first-order valence-corrected chi connectivity index (χ1v) is 12.7. The third-order valence-corrected chi connectivity index (χ3v) is 7.09. The van der Waals surface area contributed by atoms with E-state index < -0.39 is 6.09 Å². The lowest BCUT2D eigenvalue weighted by molar-refractivity contribution is 0.109. The lowest BCUT2D eigenvalue weighted by Gasteiger charge is -2.33. The van der Waals surface area contributed by atoms with Gasteiger partial charge in [0.05, 0.1) is 11.9 Å². The van der Waals surface area contributed by atoms with Gasteiger partial charge in [0.1, 0.15) is 0 Å². The SMILES string of the molecule is Cc1cccc(CCCN2CCN(C(=O)Oc3ccc(-n4c(O)c5c(c4O)CCCC5)cn3)CC2)n1. The summed E-state index contributed by atoms with van der Waals surface area (Å²) in [6.45, 7) is 5.81. The molecule has 0 radical (unpaired) electrons. The van der Waals surface area contributed by atoms with E-state index in [4.69, 9.17) is 4.74 Å². The summed E-state index contributed by atoms with van der Waals surface area (Å²) in [5.74, 6) is 0.302. The number of hydrogen-bond donors (Lipinski definition) is 2. The smallest absolute Gasteiger partial charge is 0.416 e. The van der Waals surface area contributed by atoms with E-state index in [-0.39, 0.29) is 17.6 Å². The Bertz CT molecular complexity index is 1190. The summed E-state index contributed by atoms with van der Waals surface area (Å²) in [6.07, 6.45) is 6.56. The summed E-state index contributed by atoms with van der Waals surface area (Å²) in [7, 11) is 0. The van der Waals surface area contributed by atoms with Crippen LogP contribution in [0.3, 0.4) is 0 Å². The molecule has 36 heavy (non-hydrogen) atoms. The van der Waals surface area contributed by atoms with Gasteiger partial charge in [-0.05, 0) is 70.2 Å². The quantitative estimate of drug-likeness (QED) is 0.543. The Hall–Kier alpha value is -3.59. The number of carbonyl (C=O) groups excluding carboxylic acids is 1. The molecule has 2 aliphatic rings. The van der Waals surface area contributed by atoms with Gasteiger partial charge in [-0.1, -0.05) is 6.07 Å². The highest BCUT2D eigenvalue weighted by atomic mass is 16.6. The number of aryl methyl sites for hydroxylation is 2. The van der Waals surface area contributed by atoms with Crippen molar-refractivity contribution < 1.29 is 19.7 Å². The number of rotatable bonds is 6. The van der Waals surface area contributed by atoms with Gasteiger partial charge in [-0.3, -0.25) is 9.88 Å². The molecule has 0 saturated carbocycles. The number of piperazine rings is 1. The van der Waals surface area contributed by atoms with E-state index in [9.17, 15) is 15.0 Å². The van der Waals surface area contributed by atoms with Gasteiger partial charge in [-0.25, -0.2) is 14.3 Å². The Labute approximate surface area is 211 Å². The lowest BCUT2D eigenvalue weighted by Crippen LogP contribution is -2.49. The van der Waals surface area contributed by atoms with Crippen LogP contribution in [0.25, 0.3) is 5.69 Å². The fraction of sp³-hybridized carbons (Fsp3) is 0.444. The second-order valence-electron chi connectivity index (χ2n) is 9.57. The lowest BCUT2D eigenvalue weighted by atomic mass is 9.95. The summed E-state index contributed by atoms with van der Waals surface area (Å²) < 4.78 is 6.89. The van der Waals surface area contributed by atoms with E-state index in [1.54, 1.807) is 17.0 Å². The summed E-state index contributed by atoms with van der Waals surface area (Å²) >= 11 is 0. The summed E-state index contributed by atoms with van der Waals surface area (Å²) in [5.41, 5.74) is 4.30. The van der Waals surface area contributed by atoms with Gasteiger partial charge < -0.3 is 19.8 Å². The fourth-order valence-corrected chi connectivity index (χ4v) is 5.11. The first-order valence-electron chi connectivity index (χ1n) is 12.7. The molecule has 0 unspecified atom stereocenters. The molecular formula is C27H33N5O4. The zero-order valence-electron chi connectivity index (χ0n) is 20.7. The number of fused-ring (bicyclic) bond motifs is 1. The average molecular weight is 492 g/mol. The van der Waals surface area contributed by atoms with Crippen LogP contribution in [0.4, 0.5) is 4.79 Å². The van der Waals surface area contributed by atoms with E-state index in [0.29, 0.717) is 18.8 Å². The van der Waals surface area contributed by atoms with Crippen molar-refractivity contribution in [3.05, 3.63) is 59.0 Å². The normalized spacial score (nSPS) is 16.1. The van der Waals surface area contributed by atoms with Gasteiger partial charge in [0.2, 0.25) is 17.6 Å². The summed E-state index contributed by atoms with van der Waals surface area (Å²) in [5, 5.41) is 21.2. The molecule has 9 nitrogen and oxygen atoms in total. The molecule has 1 fully saturated rings. The minimum absolute atomic E-state index is 0.0572. The van der Waals surface area contributed by atoms with E-state index in [2.05, 4.69) is 20.9 Å². The largest absolute Gasteiger partial charge is 0.494 e. The highest BCUT2D eigenvalue weighted by Crippen LogP contribution is 2.40. The van der Waals surface area contributed by atoms with E-state index >= 15 is 0 Å². The summed E-state index contributed by atoms with van der Waals surface area (Å²) in [6, 6.07) is 9.39. The molecule has 1 amide bonds. The minimum Gasteiger partial charge on any atom is -0.494 e. The van der Waals surface area contributed by atoms with Crippen LogP contribution < -0.4 is 4.74 Å². The third kappa shape index (κ3) is 5.16. The van der Waals surface area contributed by atoms with E-state index in [1.165, 1.54) is 10.8 Å². The van der Waals surface area contributed by atoms with Crippen LogP contribution >= 0.6 is 0 Å². The van der Waals surface area contributed by atoms with Gasteiger partial charge in [-0.15, -0.1) is 0 Å². The number of aromatic hydroxyl groups is 2. The van der Waals surface area contributed by atoms with Gasteiger partial charge in [0.25, 0.3) is 0 Å². The second kappa shape index (κ2) is 10.6. The van der Waals surface area contributed by atoms with E-state index in [1.807, 2.05) is 19.1 Å². The van der Waals surface area contributed by atoms with Crippen LogP contribution in [-0.4, -0.2) is 73.4 Å². The number of ether oxygens (including phenoxy) is 1. The molecule has 190 valence electrons. The van der Waals surface area contributed by atoms with Crippen molar-refractivity contribution in [3.63, 3.8) is 0 Å². The zero-order chi connectivity index (χ0) is 25.1. The number of aromatic nitrogens is 3. The number of amides is 1. The Kier molecular flexibility index (Phi) is 7.09. The predicted molar refractivity (Wildman–Crippen MR) is 135 cm³/mol. The van der Waals surface area contributed by atoms with E-state index in [0.717, 1.165) is 80.7 Å². The standard InChI is InChI=1S/C27H33N5O4/c1-19-6-4-7-20(29-19)8-5-13-30-14-16-31(17-15-30)27(35)36-24-12-11-21(18-28-24)32-25(33)22-9-2-3-10-23(22)26(32)34/h4,6-7,11-12,18,33-34H,2-3,5,8-10,13-17H2,1H3. The molecule has 0 bridgehead atoms. The third-order valence-electron chi connectivity index (χ3n) is 7.09. The molecule has 0 spiro atoms. The van der Waals surface area contributed by atoms with Crippen LogP contribution in [0.1, 0.15) is 41.8 Å². The first kappa shape index (κ1) is 24.1. The van der Waals surface area contributed by atoms with Gasteiger partial charge in [0, 0.05) is 54.8 Å². The number of hydrogen-bond acceptors (Lipinski definition) is 7. The zero-order valence-corrected chi connectivity index (χ0v) is 20.7. The molecule has 0 aromatic carbocycles. The number of pyridine rings is 2. The molecular weight excluding hydrogens is 458 g/mol. The first-order chi connectivity index (χ1) is 17.5. The minimum atomic E-state index is -0.416. The van der Waals surface area contributed by atoms with Crippen molar-refractivity contribution in [2.75, 3.05) is 32.7 Å². The highest BCUT2D eigenvalue weighted by molar-refractivity contribution is 5.70. The molecule has 1 aliphatic heterocycles. The van der Waals surface area contributed by atoms with Crippen LogP contribution in [0.15, 0.2) is 36.5 Å². The van der Waals surface area contributed by atoms with Crippen LogP contribution in [0, 0.1) is 6.92 Å². The predicted octanol–water partition coefficient (Wildman–Crippen LogP) is 3.61. The Morgan fingerprint density at radius 1 is 1.00 bits per heavy atom. The molecule has 9 heteroatoms. The Balaban J connectivity index is 1.11. The maximum Gasteiger partial charge on any atom is 0.416 e. The monoisotopic (exact) mass is 491 g/mol. The Morgan fingerprint density at radius 2 is 1.72 bits per heavy atom. The van der Waals surface area contributed by atoms with Crippen LogP contribution in [0.2, 0.25) is 0 Å². The number of carbonyl (C=O) groups is 1. The van der Waals surface area contributed by atoms with Gasteiger partial charge >= 0.3 is 6.09 Å². The van der Waals surface area contributed by atoms with Crippen molar-refractivity contribution in [2.24, 2.45) is 0 Å². The van der Waals surface area contributed by atoms with Crippen molar-refractivity contribution in [3.8, 4) is 23.3 Å². The van der Waals surface area contributed by atoms with Gasteiger partial charge in [0.15, 0.2) is 0 Å². The number of nitrogens with zero attached hydrogens (tertiary/aromatic N) is 5. The van der Waals surface area contributed by atoms with Crippen LogP contribution in [-0.2, 0) is 19.3 Å². The molecule has 1 aliphatic carbocycles. The second-order valence-corrected chi connectivity index (χ2v) is 9.57. The highest BCUT2D eigenvalue weighted by Gasteiger charge is 2.26. The average Bonchev–Trinajstić information content (AvgIpc) is 3.15. The maximum atomic E-state index is 12.7. The molecule has 4 heterocycles. The molecule has 5 rings (SSSR count). The summed E-state index contributed by atoms with van der Waals surface area (Å²) in [4.78, 5) is 25.5. The maximum absolute atomic E-state index is 12.7. The topological polar surface area (TPSA) is 104 Å². The van der Waals surface area contributed by atoms with Crippen molar-refractivity contribution in [2.45, 2.75) is 45.4 Å². The van der Waals surface area contributed by atoms with Crippen LogP contribution in [0.5, 0.6) is 17.6 Å². The molecule has 1 saturated heterocycles. The molecule has 0 atom stereocenters. The van der Waals surface area contributed by atoms with Crippen molar-refractivity contribution in [1.29, 1.82) is 0 Å². The Morgan fingerprint density at radius 3 is 2.36 bits per heavy atom. The van der Waals surface area contributed by atoms with Crippen molar-refractivity contribution in [1.82, 2.24) is 24.3 Å². The van der Waals surface area contributed by atoms with Crippen molar-refractivity contribution >= 4 is 6.09 Å².